The van der Waals surface area contributed by atoms with Crippen LogP contribution in [0.25, 0.3) is 11.1 Å². The molecule has 0 bridgehead atoms. The van der Waals surface area contributed by atoms with Gasteiger partial charge in [-0.05, 0) is 24.1 Å². The third-order valence-electron chi connectivity index (χ3n) is 5.65. The van der Waals surface area contributed by atoms with Gasteiger partial charge < -0.3 is 14.3 Å². The number of likely N-dealkylation sites (tertiary alicyclic amines) is 1. The second-order valence-corrected chi connectivity index (χ2v) is 8.16. The van der Waals surface area contributed by atoms with E-state index in [2.05, 4.69) is 15.1 Å². The van der Waals surface area contributed by atoms with E-state index < -0.39 is 0 Å². The molecule has 0 N–H and O–H groups in total. The van der Waals surface area contributed by atoms with Gasteiger partial charge in [0, 0.05) is 64.1 Å². The number of hydrogen-bond acceptors (Lipinski definition) is 7. The molecule has 3 heterocycles. The number of aryl methyl sites for hydroxylation is 2. The maximum Gasteiger partial charge on any atom is 0.227 e. The molecule has 1 aliphatic rings. The van der Waals surface area contributed by atoms with E-state index in [0.717, 1.165) is 23.2 Å². The van der Waals surface area contributed by atoms with Gasteiger partial charge in [0.15, 0.2) is 5.82 Å². The fourth-order valence-corrected chi connectivity index (χ4v) is 3.91. The Morgan fingerprint density at radius 1 is 1.31 bits per heavy atom. The van der Waals surface area contributed by atoms with Crippen molar-refractivity contribution >= 4 is 11.9 Å². The maximum absolute atomic E-state index is 13.9. The molecular weight excluding hydrogens is 411 g/mol. The highest BCUT2D eigenvalue weighted by molar-refractivity contribution is 5.77. The van der Waals surface area contributed by atoms with Crippen LogP contribution in [0.4, 0.5) is 10.3 Å². The molecule has 1 saturated heterocycles. The predicted molar refractivity (Wildman–Crippen MR) is 118 cm³/mol. The van der Waals surface area contributed by atoms with Crippen molar-refractivity contribution in [3.8, 4) is 11.1 Å². The number of nitrogens with zero attached hydrogens (tertiary/aromatic N) is 6. The van der Waals surface area contributed by atoms with Crippen molar-refractivity contribution in [1.82, 2.24) is 25.0 Å². The smallest absolute Gasteiger partial charge is 0.227 e. The number of carbonyl (C=O) groups is 1. The molecule has 0 aliphatic carbocycles. The van der Waals surface area contributed by atoms with Crippen molar-refractivity contribution in [2.45, 2.75) is 38.5 Å². The van der Waals surface area contributed by atoms with Gasteiger partial charge in [-0.1, -0.05) is 24.2 Å². The van der Waals surface area contributed by atoms with E-state index >= 15 is 0 Å². The van der Waals surface area contributed by atoms with Crippen LogP contribution in [0.3, 0.4) is 0 Å². The van der Waals surface area contributed by atoms with E-state index in [0.29, 0.717) is 50.0 Å². The van der Waals surface area contributed by atoms with Gasteiger partial charge in [-0.25, -0.2) is 14.4 Å². The van der Waals surface area contributed by atoms with Crippen LogP contribution in [0.2, 0.25) is 0 Å². The van der Waals surface area contributed by atoms with E-state index in [1.807, 2.05) is 36.9 Å². The normalized spacial score (nSPS) is 15.9. The van der Waals surface area contributed by atoms with E-state index in [4.69, 9.17) is 9.51 Å². The minimum Gasteiger partial charge on any atom is -0.347 e. The van der Waals surface area contributed by atoms with E-state index in [-0.39, 0.29) is 17.6 Å². The summed E-state index contributed by atoms with van der Waals surface area (Å²) in [6.45, 7) is 3.17. The fourth-order valence-electron chi connectivity index (χ4n) is 3.91. The number of aromatic nitrogens is 4. The molecule has 0 radical (unpaired) electrons. The van der Waals surface area contributed by atoms with E-state index in [1.54, 1.807) is 12.3 Å². The third kappa shape index (κ3) is 4.76. The Labute approximate surface area is 186 Å². The van der Waals surface area contributed by atoms with Crippen LogP contribution in [-0.4, -0.2) is 58.1 Å². The first-order valence-electron chi connectivity index (χ1n) is 10.8. The molecule has 3 aromatic rings. The molecule has 1 fully saturated rings. The van der Waals surface area contributed by atoms with Crippen LogP contribution in [0.5, 0.6) is 0 Å². The van der Waals surface area contributed by atoms with Gasteiger partial charge >= 0.3 is 0 Å². The summed E-state index contributed by atoms with van der Waals surface area (Å²) in [5.41, 5.74) is 2.37. The van der Waals surface area contributed by atoms with Crippen LogP contribution in [-0.2, 0) is 17.6 Å². The molecule has 1 aromatic carbocycles. The number of halogens is 1. The molecule has 1 atom stereocenters. The quantitative estimate of drug-likeness (QED) is 0.559. The fraction of sp³-hybridized carbons (Fsp3) is 0.435. The molecular formula is C23H27FN6O2. The Morgan fingerprint density at radius 2 is 2.16 bits per heavy atom. The first-order chi connectivity index (χ1) is 15.4. The summed E-state index contributed by atoms with van der Waals surface area (Å²) in [5.74, 6) is 1.53. The highest BCUT2D eigenvalue weighted by atomic mass is 19.1. The molecule has 1 amide bonds. The number of hydrogen-bond donors (Lipinski definition) is 0. The van der Waals surface area contributed by atoms with E-state index in [9.17, 15) is 9.18 Å². The minimum atomic E-state index is -0.305. The lowest BCUT2D eigenvalue weighted by Gasteiger charge is -2.19. The zero-order chi connectivity index (χ0) is 22.7. The van der Waals surface area contributed by atoms with Crippen LogP contribution in [0, 0.1) is 5.82 Å². The van der Waals surface area contributed by atoms with Gasteiger partial charge in [0.05, 0.1) is 5.69 Å². The van der Waals surface area contributed by atoms with Crippen molar-refractivity contribution in [2.75, 3.05) is 32.1 Å². The first-order valence-corrected chi connectivity index (χ1v) is 10.8. The summed E-state index contributed by atoms with van der Waals surface area (Å²) in [5, 5.41) is 3.87. The molecule has 8 nitrogen and oxygen atoms in total. The van der Waals surface area contributed by atoms with Gasteiger partial charge in [0.2, 0.25) is 17.7 Å². The summed E-state index contributed by atoms with van der Waals surface area (Å²) in [6.07, 6.45) is 3.99. The Morgan fingerprint density at radius 3 is 2.88 bits per heavy atom. The molecule has 1 unspecified atom stereocenters. The zero-order valence-corrected chi connectivity index (χ0v) is 18.6. The lowest BCUT2D eigenvalue weighted by Crippen LogP contribution is -2.28. The van der Waals surface area contributed by atoms with Gasteiger partial charge in [0.1, 0.15) is 5.82 Å². The lowest BCUT2D eigenvalue weighted by molar-refractivity contribution is -0.130. The Bertz CT molecular complexity index is 1100. The van der Waals surface area contributed by atoms with E-state index in [1.165, 1.54) is 12.1 Å². The van der Waals surface area contributed by atoms with Crippen molar-refractivity contribution < 1.29 is 13.7 Å². The summed E-state index contributed by atoms with van der Waals surface area (Å²) < 4.78 is 19.1. The minimum absolute atomic E-state index is 0.0500. The Kier molecular flexibility index (Phi) is 6.43. The van der Waals surface area contributed by atoms with Crippen LogP contribution >= 0.6 is 0 Å². The maximum atomic E-state index is 13.9. The molecule has 1 aliphatic heterocycles. The average Bonchev–Trinajstić information content (AvgIpc) is 3.47. The van der Waals surface area contributed by atoms with Gasteiger partial charge in [-0.2, -0.15) is 4.98 Å². The van der Waals surface area contributed by atoms with Crippen molar-refractivity contribution in [2.24, 2.45) is 0 Å². The topological polar surface area (TPSA) is 88.3 Å². The summed E-state index contributed by atoms with van der Waals surface area (Å²) in [7, 11) is 3.76. The molecule has 4 rings (SSSR count). The number of benzene rings is 1. The average molecular weight is 439 g/mol. The van der Waals surface area contributed by atoms with Gasteiger partial charge in [-0.15, -0.1) is 0 Å². The summed E-state index contributed by atoms with van der Waals surface area (Å²) in [6, 6.07) is 6.44. The molecule has 2 aromatic heterocycles. The largest absolute Gasteiger partial charge is 0.347 e. The highest BCUT2D eigenvalue weighted by Crippen LogP contribution is 2.34. The monoisotopic (exact) mass is 438 g/mol. The number of amides is 1. The standard InChI is InChI=1S/C23H27FN6O2/c1-4-19-26-20(32-28-19)8-9-21(31)30-11-10-16(14-30)22-18(13-25-23(27-22)29(2)3)15-6-5-7-17(24)12-15/h5-7,12-13,16H,4,8-11,14H2,1-3H3. The lowest BCUT2D eigenvalue weighted by atomic mass is 9.96. The Hall–Kier alpha value is -3.36. The molecule has 32 heavy (non-hydrogen) atoms. The molecule has 0 saturated carbocycles. The Balaban J connectivity index is 1.50. The van der Waals surface area contributed by atoms with Crippen LogP contribution in [0.15, 0.2) is 35.0 Å². The summed E-state index contributed by atoms with van der Waals surface area (Å²) >= 11 is 0. The number of anilines is 1. The SMILES string of the molecule is CCc1noc(CCC(=O)N2CCC(c3nc(N(C)C)ncc3-c3cccc(F)c3)C2)n1. The predicted octanol–water partition coefficient (Wildman–Crippen LogP) is 3.24. The third-order valence-corrected chi connectivity index (χ3v) is 5.65. The van der Waals surface area contributed by atoms with Crippen molar-refractivity contribution in [3.63, 3.8) is 0 Å². The first kappa shape index (κ1) is 21.9. The van der Waals surface area contributed by atoms with Crippen molar-refractivity contribution in [1.29, 1.82) is 0 Å². The second kappa shape index (κ2) is 9.42. The summed E-state index contributed by atoms with van der Waals surface area (Å²) in [4.78, 5) is 30.0. The molecule has 0 spiro atoms. The van der Waals surface area contributed by atoms with Crippen LogP contribution in [0.1, 0.15) is 43.1 Å². The second-order valence-electron chi connectivity index (χ2n) is 8.16. The molecule has 168 valence electrons. The number of rotatable bonds is 7. The van der Waals surface area contributed by atoms with Crippen molar-refractivity contribution in [3.05, 3.63) is 53.7 Å². The highest BCUT2D eigenvalue weighted by Gasteiger charge is 2.30. The van der Waals surface area contributed by atoms with Gasteiger partial charge in [-0.3, -0.25) is 4.79 Å². The van der Waals surface area contributed by atoms with Gasteiger partial charge in [0.25, 0.3) is 0 Å². The van der Waals surface area contributed by atoms with Crippen LogP contribution < -0.4 is 4.90 Å². The zero-order valence-electron chi connectivity index (χ0n) is 18.6. The number of carbonyl (C=O) groups excluding carboxylic acids is 1. The molecule has 9 heteroatoms.